The molecule has 5 heteroatoms. The van der Waals surface area contributed by atoms with Gasteiger partial charge < -0.3 is 0 Å². The van der Waals surface area contributed by atoms with E-state index in [1.54, 1.807) is 0 Å². The first-order valence-electron chi connectivity index (χ1n) is 4.93. The summed E-state index contributed by atoms with van der Waals surface area (Å²) in [5.74, 6) is -4.11. The minimum atomic E-state index is -1.55. The van der Waals surface area contributed by atoms with Crippen LogP contribution >= 0.6 is 11.6 Å². The molecule has 0 aliphatic rings. The predicted molar refractivity (Wildman–Crippen MR) is 62.1 cm³/mol. The molecule has 0 saturated carbocycles. The van der Waals surface area contributed by atoms with Gasteiger partial charge in [-0.2, -0.15) is 0 Å². The highest BCUT2D eigenvalue weighted by Crippen LogP contribution is 2.28. The molecule has 0 aliphatic heterocycles. The number of halogens is 4. The van der Waals surface area contributed by atoms with Crippen LogP contribution in [0.3, 0.4) is 0 Å². The third-order valence-corrected chi connectivity index (χ3v) is 2.81. The van der Waals surface area contributed by atoms with E-state index in [1.165, 1.54) is 18.2 Å². The maximum atomic E-state index is 13.5. The van der Waals surface area contributed by atoms with Crippen molar-refractivity contribution in [1.82, 2.24) is 0 Å². The fourth-order valence-corrected chi connectivity index (χ4v) is 1.71. The van der Waals surface area contributed by atoms with E-state index in [-0.39, 0.29) is 21.7 Å². The van der Waals surface area contributed by atoms with Crippen LogP contribution in [-0.2, 0) is 0 Å². The Hall–Kier alpha value is -1.81. The highest BCUT2D eigenvalue weighted by Gasteiger charge is 2.15. The molecule has 0 aliphatic carbocycles. The van der Waals surface area contributed by atoms with Gasteiger partial charge in [-0.15, -0.1) is 0 Å². The first-order valence-corrected chi connectivity index (χ1v) is 5.31. The number of hydrogen-bond donors (Lipinski definition) is 0. The Kier molecular flexibility index (Phi) is 3.39. The molecular weight excluding hydrogens is 265 g/mol. The van der Waals surface area contributed by atoms with Crippen LogP contribution in [0.4, 0.5) is 13.2 Å². The highest BCUT2D eigenvalue weighted by atomic mass is 35.5. The van der Waals surface area contributed by atoms with Crippen molar-refractivity contribution < 1.29 is 18.0 Å². The van der Waals surface area contributed by atoms with E-state index in [0.717, 1.165) is 12.1 Å². The maximum absolute atomic E-state index is 13.5. The normalized spacial score (nSPS) is 10.4. The molecule has 18 heavy (non-hydrogen) atoms. The third-order valence-electron chi connectivity index (χ3n) is 2.47. The van der Waals surface area contributed by atoms with Gasteiger partial charge in [0.1, 0.15) is 0 Å². The zero-order valence-electron chi connectivity index (χ0n) is 8.88. The molecule has 2 rings (SSSR count). The van der Waals surface area contributed by atoms with Crippen LogP contribution < -0.4 is 0 Å². The van der Waals surface area contributed by atoms with Gasteiger partial charge in [0.25, 0.3) is 0 Å². The van der Waals surface area contributed by atoms with E-state index < -0.39 is 17.5 Å². The van der Waals surface area contributed by atoms with Gasteiger partial charge in [0.05, 0.1) is 5.02 Å². The molecule has 0 radical (unpaired) electrons. The lowest BCUT2D eigenvalue weighted by Crippen LogP contribution is -1.94. The standard InChI is InChI=1S/C13H6ClF3O/c14-10-3-1-7(5-8(10)6-18)9-2-4-11(15)13(17)12(9)16/h1-6H. The van der Waals surface area contributed by atoms with Gasteiger partial charge in [-0.1, -0.05) is 17.7 Å². The number of hydrogen-bond acceptors (Lipinski definition) is 1. The first-order chi connectivity index (χ1) is 8.54. The van der Waals surface area contributed by atoms with E-state index >= 15 is 0 Å². The molecule has 0 N–H and O–H groups in total. The Morgan fingerprint density at radius 3 is 2.39 bits per heavy atom. The van der Waals surface area contributed by atoms with Crippen molar-refractivity contribution in [2.24, 2.45) is 0 Å². The molecule has 2 aromatic rings. The summed E-state index contributed by atoms with van der Waals surface area (Å²) in [7, 11) is 0. The van der Waals surface area contributed by atoms with Crippen LogP contribution in [0.15, 0.2) is 30.3 Å². The summed E-state index contributed by atoms with van der Waals surface area (Å²) in [5, 5.41) is 0.205. The van der Waals surface area contributed by atoms with Crippen molar-refractivity contribution in [2.75, 3.05) is 0 Å². The summed E-state index contributed by atoms with van der Waals surface area (Å²) in [6, 6.07) is 6.05. The topological polar surface area (TPSA) is 17.1 Å². The highest BCUT2D eigenvalue weighted by molar-refractivity contribution is 6.33. The van der Waals surface area contributed by atoms with Crippen molar-refractivity contribution in [3.63, 3.8) is 0 Å². The minimum Gasteiger partial charge on any atom is -0.298 e. The van der Waals surface area contributed by atoms with Gasteiger partial charge in [0.15, 0.2) is 23.7 Å². The van der Waals surface area contributed by atoms with Gasteiger partial charge in [-0.05, 0) is 29.8 Å². The summed E-state index contributed by atoms with van der Waals surface area (Å²) >= 11 is 5.72. The third kappa shape index (κ3) is 2.11. The minimum absolute atomic E-state index is 0.131. The fourth-order valence-electron chi connectivity index (χ4n) is 1.55. The summed E-state index contributed by atoms with van der Waals surface area (Å²) in [6.45, 7) is 0. The molecule has 0 fully saturated rings. The Morgan fingerprint density at radius 2 is 1.72 bits per heavy atom. The second-order valence-electron chi connectivity index (χ2n) is 3.58. The van der Waals surface area contributed by atoms with Crippen LogP contribution in [0.1, 0.15) is 10.4 Å². The van der Waals surface area contributed by atoms with E-state index in [1.807, 2.05) is 0 Å². The van der Waals surface area contributed by atoms with Gasteiger partial charge in [0.2, 0.25) is 0 Å². The molecule has 0 bridgehead atoms. The number of rotatable bonds is 2. The average molecular weight is 271 g/mol. The Bertz CT molecular complexity index is 626. The summed E-state index contributed by atoms with van der Waals surface area (Å²) < 4.78 is 39.4. The van der Waals surface area contributed by atoms with Gasteiger partial charge in [-0.3, -0.25) is 4.79 Å². The Morgan fingerprint density at radius 1 is 1.00 bits per heavy atom. The molecule has 0 atom stereocenters. The van der Waals surface area contributed by atoms with E-state index in [9.17, 15) is 18.0 Å². The molecule has 2 aromatic carbocycles. The van der Waals surface area contributed by atoms with Crippen LogP contribution in [-0.4, -0.2) is 6.29 Å². The quantitative estimate of drug-likeness (QED) is 0.589. The van der Waals surface area contributed by atoms with Crippen LogP contribution in [0.2, 0.25) is 5.02 Å². The van der Waals surface area contributed by atoms with Crippen LogP contribution in [0, 0.1) is 17.5 Å². The number of carbonyl (C=O) groups excluding carboxylic acids is 1. The zero-order chi connectivity index (χ0) is 13.3. The van der Waals surface area contributed by atoms with Crippen LogP contribution in [0.25, 0.3) is 11.1 Å². The molecule has 0 heterocycles. The van der Waals surface area contributed by atoms with E-state index in [2.05, 4.69) is 0 Å². The Labute approximate surface area is 106 Å². The lowest BCUT2D eigenvalue weighted by molar-refractivity contribution is 0.112. The lowest BCUT2D eigenvalue weighted by atomic mass is 10.0. The maximum Gasteiger partial charge on any atom is 0.195 e. The van der Waals surface area contributed by atoms with Crippen molar-refractivity contribution in [2.45, 2.75) is 0 Å². The summed E-state index contributed by atoms with van der Waals surface area (Å²) in [6.07, 6.45) is 0.504. The fraction of sp³-hybridized carbons (Fsp3) is 0. The van der Waals surface area contributed by atoms with Crippen molar-refractivity contribution in [3.05, 3.63) is 58.4 Å². The molecule has 0 amide bonds. The molecule has 0 unspecified atom stereocenters. The SMILES string of the molecule is O=Cc1cc(-c2ccc(F)c(F)c2F)ccc1Cl. The van der Waals surface area contributed by atoms with Crippen molar-refractivity contribution in [3.8, 4) is 11.1 Å². The predicted octanol–water partition coefficient (Wildman–Crippen LogP) is 4.24. The summed E-state index contributed by atoms with van der Waals surface area (Å²) in [4.78, 5) is 10.7. The first kappa shape index (κ1) is 12.6. The van der Waals surface area contributed by atoms with Crippen molar-refractivity contribution in [1.29, 1.82) is 0 Å². The lowest BCUT2D eigenvalue weighted by Gasteiger charge is -2.06. The second-order valence-corrected chi connectivity index (χ2v) is 3.98. The zero-order valence-corrected chi connectivity index (χ0v) is 9.64. The van der Waals surface area contributed by atoms with Gasteiger partial charge >= 0.3 is 0 Å². The average Bonchev–Trinajstić information content (AvgIpc) is 2.37. The summed E-state index contributed by atoms with van der Waals surface area (Å²) in [5.41, 5.74) is 0.268. The number of carbonyl (C=O) groups is 1. The molecule has 92 valence electrons. The molecule has 0 spiro atoms. The largest absolute Gasteiger partial charge is 0.298 e. The Balaban J connectivity index is 2.62. The van der Waals surface area contributed by atoms with Crippen molar-refractivity contribution >= 4 is 17.9 Å². The second kappa shape index (κ2) is 4.82. The van der Waals surface area contributed by atoms with E-state index in [4.69, 9.17) is 11.6 Å². The molecule has 1 nitrogen and oxygen atoms in total. The molecule has 0 saturated heterocycles. The van der Waals surface area contributed by atoms with Crippen LogP contribution in [0.5, 0.6) is 0 Å². The molecular formula is C13H6ClF3O. The van der Waals surface area contributed by atoms with E-state index in [0.29, 0.717) is 6.29 Å². The number of aldehydes is 1. The smallest absolute Gasteiger partial charge is 0.195 e. The number of benzene rings is 2. The monoisotopic (exact) mass is 270 g/mol. The van der Waals surface area contributed by atoms with Gasteiger partial charge in [0, 0.05) is 11.1 Å². The molecule has 0 aromatic heterocycles. The van der Waals surface area contributed by atoms with Gasteiger partial charge in [-0.25, -0.2) is 13.2 Å².